The Kier molecular flexibility index (Phi) is 4.94. The Morgan fingerprint density at radius 1 is 1.18 bits per heavy atom. The van der Waals surface area contributed by atoms with Crippen molar-refractivity contribution in [2.75, 3.05) is 13.1 Å². The Morgan fingerprint density at radius 2 is 1.82 bits per heavy atom. The lowest BCUT2D eigenvalue weighted by molar-refractivity contribution is 0.0671. The molecule has 0 bridgehead atoms. The van der Waals surface area contributed by atoms with Crippen LogP contribution >= 0.6 is 0 Å². The van der Waals surface area contributed by atoms with E-state index >= 15 is 0 Å². The van der Waals surface area contributed by atoms with Crippen LogP contribution in [0.5, 0.6) is 0 Å². The third-order valence-electron chi connectivity index (χ3n) is 7.12. The van der Waals surface area contributed by atoms with Gasteiger partial charge < -0.3 is 16.0 Å². The summed E-state index contributed by atoms with van der Waals surface area (Å²) in [5, 5.41) is 2.98. The lowest BCUT2D eigenvalue weighted by Gasteiger charge is -2.43. The van der Waals surface area contributed by atoms with Crippen molar-refractivity contribution in [3.05, 3.63) is 34.6 Å². The van der Waals surface area contributed by atoms with E-state index < -0.39 is 11.7 Å². The fourth-order valence-corrected chi connectivity index (χ4v) is 5.35. The van der Waals surface area contributed by atoms with Gasteiger partial charge in [0.1, 0.15) is 5.82 Å². The summed E-state index contributed by atoms with van der Waals surface area (Å²) in [7, 11) is 0. The minimum absolute atomic E-state index is 0.0164. The van der Waals surface area contributed by atoms with Gasteiger partial charge in [-0.15, -0.1) is 0 Å². The zero-order chi connectivity index (χ0) is 20.1. The van der Waals surface area contributed by atoms with Crippen molar-refractivity contribution in [2.45, 2.75) is 64.5 Å². The van der Waals surface area contributed by atoms with E-state index in [9.17, 15) is 14.0 Å². The van der Waals surface area contributed by atoms with E-state index in [4.69, 9.17) is 5.73 Å². The molecular weight excluding hydrogens is 357 g/mol. The third-order valence-corrected chi connectivity index (χ3v) is 7.12. The van der Waals surface area contributed by atoms with Gasteiger partial charge in [-0.05, 0) is 80.6 Å². The highest BCUT2D eigenvalue weighted by Gasteiger charge is 2.40. The summed E-state index contributed by atoms with van der Waals surface area (Å²) in [6.07, 6.45) is 7.00. The lowest BCUT2D eigenvalue weighted by Crippen LogP contribution is -2.45. The standard InChI is InChI=1S/C22H30FN3O2/c1-22(2)7-3-15(4-8-22)26-9-5-13(6-10-26)19-16-11-14(23)12-17(20(24)27)18(16)21(28)25-19/h11-13,15,19H,3-10H2,1-2H3,(H2,24,27)(H,25,28). The number of rotatable bonds is 3. The number of halogens is 1. The van der Waals surface area contributed by atoms with Crippen LogP contribution in [-0.2, 0) is 0 Å². The number of nitrogens with two attached hydrogens (primary N) is 1. The second kappa shape index (κ2) is 7.14. The van der Waals surface area contributed by atoms with Gasteiger partial charge >= 0.3 is 0 Å². The molecule has 28 heavy (non-hydrogen) atoms. The van der Waals surface area contributed by atoms with Crippen LogP contribution in [-0.4, -0.2) is 35.8 Å². The molecule has 152 valence electrons. The van der Waals surface area contributed by atoms with Gasteiger partial charge in [0.05, 0.1) is 17.2 Å². The first-order valence-corrected chi connectivity index (χ1v) is 10.4. The molecule has 1 unspecified atom stereocenters. The minimum Gasteiger partial charge on any atom is -0.366 e. The number of fused-ring (bicyclic) bond motifs is 1. The average Bonchev–Trinajstić information content (AvgIpc) is 2.97. The molecule has 2 heterocycles. The van der Waals surface area contributed by atoms with Gasteiger partial charge in [-0.2, -0.15) is 0 Å². The Hall–Kier alpha value is -1.95. The van der Waals surface area contributed by atoms with Crippen LogP contribution in [0, 0.1) is 17.2 Å². The maximum absolute atomic E-state index is 14.1. The van der Waals surface area contributed by atoms with Gasteiger partial charge in [0.15, 0.2) is 0 Å². The summed E-state index contributed by atoms with van der Waals surface area (Å²) in [5.41, 5.74) is 6.67. The zero-order valence-corrected chi connectivity index (χ0v) is 16.8. The second-order valence-electron chi connectivity index (χ2n) is 9.50. The molecule has 1 aromatic rings. The molecule has 1 atom stereocenters. The van der Waals surface area contributed by atoms with Crippen molar-refractivity contribution >= 4 is 11.8 Å². The van der Waals surface area contributed by atoms with Crippen molar-refractivity contribution < 1.29 is 14.0 Å². The molecule has 2 amide bonds. The van der Waals surface area contributed by atoms with Gasteiger partial charge in [-0.25, -0.2) is 4.39 Å². The number of hydrogen-bond acceptors (Lipinski definition) is 3. The van der Waals surface area contributed by atoms with Gasteiger partial charge in [0.2, 0.25) is 5.91 Å². The number of nitrogens with one attached hydrogen (secondary N) is 1. The molecule has 0 spiro atoms. The number of amides is 2. The second-order valence-corrected chi connectivity index (χ2v) is 9.50. The fraction of sp³-hybridized carbons (Fsp3) is 0.636. The van der Waals surface area contributed by atoms with E-state index in [1.54, 1.807) is 0 Å². The molecule has 2 fully saturated rings. The number of piperidine rings is 1. The van der Waals surface area contributed by atoms with Crippen LogP contribution in [0.25, 0.3) is 0 Å². The molecule has 6 heteroatoms. The van der Waals surface area contributed by atoms with Crippen molar-refractivity contribution in [3.8, 4) is 0 Å². The highest BCUT2D eigenvalue weighted by Crippen LogP contribution is 2.41. The van der Waals surface area contributed by atoms with Crippen LogP contribution in [0.3, 0.4) is 0 Å². The number of nitrogens with zero attached hydrogens (tertiary/aromatic N) is 1. The normalized spacial score (nSPS) is 26.1. The van der Waals surface area contributed by atoms with Gasteiger partial charge in [0, 0.05) is 6.04 Å². The van der Waals surface area contributed by atoms with Crippen molar-refractivity contribution in [3.63, 3.8) is 0 Å². The molecule has 3 N–H and O–H groups in total. The Balaban J connectivity index is 1.46. The number of benzene rings is 1. The summed E-state index contributed by atoms with van der Waals surface area (Å²) in [6, 6.07) is 2.89. The molecule has 3 aliphatic rings. The third kappa shape index (κ3) is 3.54. The van der Waals surface area contributed by atoms with E-state index in [0.29, 0.717) is 17.0 Å². The number of hydrogen-bond donors (Lipinski definition) is 2. The number of carbonyl (C=O) groups excluding carboxylic acids is 2. The first-order chi connectivity index (χ1) is 13.2. The van der Waals surface area contributed by atoms with E-state index in [0.717, 1.165) is 32.0 Å². The van der Waals surface area contributed by atoms with Gasteiger partial charge in [-0.3, -0.25) is 9.59 Å². The van der Waals surface area contributed by atoms with Crippen LogP contribution in [0.1, 0.15) is 84.7 Å². The van der Waals surface area contributed by atoms with Crippen molar-refractivity contribution in [2.24, 2.45) is 17.1 Å². The molecular formula is C22H30FN3O2. The molecule has 5 nitrogen and oxygen atoms in total. The summed E-state index contributed by atoms with van der Waals surface area (Å²) in [6.45, 7) is 6.73. The highest BCUT2D eigenvalue weighted by molar-refractivity contribution is 6.09. The summed E-state index contributed by atoms with van der Waals surface area (Å²) < 4.78 is 14.1. The summed E-state index contributed by atoms with van der Waals surface area (Å²) >= 11 is 0. The van der Waals surface area contributed by atoms with Gasteiger partial charge in [-0.1, -0.05) is 13.8 Å². The highest BCUT2D eigenvalue weighted by atomic mass is 19.1. The Morgan fingerprint density at radius 3 is 2.43 bits per heavy atom. The topological polar surface area (TPSA) is 75.4 Å². The smallest absolute Gasteiger partial charge is 0.252 e. The minimum atomic E-state index is -0.762. The quantitative estimate of drug-likeness (QED) is 0.835. The van der Waals surface area contributed by atoms with Crippen molar-refractivity contribution in [1.82, 2.24) is 10.2 Å². The first-order valence-electron chi connectivity index (χ1n) is 10.4. The predicted molar refractivity (Wildman–Crippen MR) is 105 cm³/mol. The predicted octanol–water partition coefficient (Wildman–Crippen LogP) is 3.39. The average molecular weight is 387 g/mol. The van der Waals surface area contributed by atoms with Crippen LogP contribution in [0.2, 0.25) is 0 Å². The van der Waals surface area contributed by atoms with E-state index in [1.165, 1.54) is 31.7 Å². The van der Waals surface area contributed by atoms with Crippen LogP contribution in [0.15, 0.2) is 12.1 Å². The number of carbonyl (C=O) groups is 2. The molecule has 0 aromatic heterocycles. The first kappa shape index (κ1) is 19.4. The molecule has 1 saturated carbocycles. The largest absolute Gasteiger partial charge is 0.366 e. The lowest BCUT2D eigenvalue weighted by atomic mass is 9.74. The molecule has 1 aliphatic carbocycles. The van der Waals surface area contributed by atoms with E-state index in [2.05, 4.69) is 24.1 Å². The SMILES string of the molecule is CC1(C)CCC(N2CCC(C3NC(=O)c4c(C(N)=O)cc(F)cc43)CC2)CC1. The van der Waals surface area contributed by atoms with Crippen molar-refractivity contribution in [1.29, 1.82) is 0 Å². The molecule has 0 radical (unpaired) electrons. The summed E-state index contributed by atoms with van der Waals surface area (Å²) in [5.74, 6) is -1.34. The fourth-order valence-electron chi connectivity index (χ4n) is 5.35. The number of primary amides is 1. The maximum Gasteiger partial charge on any atom is 0.252 e. The molecule has 4 rings (SSSR count). The van der Waals surface area contributed by atoms with E-state index in [-0.39, 0.29) is 29.0 Å². The zero-order valence-electron chi connectivity index (χ0n) is 16.8. The Bertz CT molecular complexity index is 789. The number of likely N-dealkylation sites (tertiary alicyclic amines) is 1. The maximum atomic E-state index is 14.1. The molecule has 1 aromatic carbocycles. The monoisotopic (exact) mass is 387 g/mol. The van der Waals surface area contributed by atoms with Crippen LogP contribution in [0.4, 0.5) is 4.39 Å². The van der Waals surface area contributed by atoms with E-state index in [1.807, 2.05) is 0 Å². The van der Waals surface area contributed by atoms with Crippen LogP contribution < -0.4 is 11.1 Å². The summed E-state index contributed by atoms with van der Waals surface area (Å²) in [4.78, 5) is 26.8. The molecule has 2 aliphatic heterocycles. The van der Waals surface area contributed by atoms with Gasteiger partial charge in [0.25, 0.3) is 5.91 Å². The molecule has 1 saturated heterocycles. The Labute approximate surface area is 165 Å².